The summed E-state index contributed by atoms with van der Waals surface area (Å²) in [5, 5.41) is 9.46. The third-order valence-corrected chi connectivity index (χ3v) is 4.53. The number of rotatable bonds is 15. The van der Waals surface area contributed by atoms with Gasteiger partial charge in [-0.25, -0.2) is 0 Å². The van der Waals surface area contributed by atoms with Crippen LogP contribution in [0.1, 0.15) is 85.0 Å². The molecular formula is C18H40NO+. The summed E-state index contributed by atoms with van der Waals surface area (Å²) >= 11 is 0. The number of aliphatic hydroxyl groups is 1. The van der Waals surface area contributed by atoms with Gasteiger partial charge in [-0.2, -0.15) is 0 Å². The van der Waals surface area contributed by atoms with Crippen molar-refractivity contribution in [3.8, 4) is 0 Å². The van der Waals surface area contributed by atoms with Gasteiger partial charge in [0.1, 0.15) is 6.54 Å². The molecule has 122 valence electrons. The van der Waals surface area contributed by atoms with Crippen molar-refractivity contribution in [2.45, 2.75) is 85.0 Å². The van der Waals surface area contributed by atoms with E-state index in [1.807, 2.05) is 0 Å². The van der Waals surface area contributed by atoms with Gasteiger partial charge in [-0.15, -0.1) is 0 Å². The average molecular weight is 287 g/mol. The topological polar surface area (TPSA) is 20.2 Å². The van der Waals surface area contributed by atoms with Crippen molar-refractivity contribution in [3.63, 3.8) is 0 Å². The van der Waals surface area contributed by atoms with E-state index in [1.165, 1.54) is 88.3 Å². The van der Waals surface area contributed by atoms with Gasteiger partial charge in [-0.3, -0.25) is 0 Å². The molecule has 0 unspecified atom stereocenters. The van der Waals surface area contributed by atoms with E-state index in [4.69, 9.17) is 0 Å². The molecule has 0 aliphatic rings. The summed E-state index contributed by atoms with van der Waals surface area (Å²) in [5.74, 6) is 0. The number of hydrogen-bond acceptors (Lipinski definition) is 1. The molecule has 0 saturated carbocycles. The molecule has 20 heavy (non-hydrogen) atoms. The molecule has 0 saturated heterocycles. The van der Waals surface area contributed by atoms with E-state index >= 15 is 0 Å². The van der Waals surface area contributed by atoms with Gasteiger partial charge in [-0.05, 0) is 25.7 Å². The Bertz CT molecular complexity index is 186. The van der Waals surface area contributed by atoms with Crippen molar-refractivity contribution in [3.05, 3.63) is 0 Å². The zero-order valence-electron chi connectivity index (χ0n) is 14.5. The van der Waals surface area contributed by atoms with Gasteiger partial charge < -0.3 is 9.59 Å². The maximum absolute atomic E-state index is 9.46. The zero-order chi connectivity index (χ0) is 15.1. The maximum atomic E-state index is 9.46. The number of nitrogens with zero attached hydrogens (tertiary/aromatic N) is 1. The van der Waals surface area contributed by atoms with Crippen LogP contribution < -0.4 is 0 Å². The van der Waals surface area contributed by atoms with Crippen LogP contribution in [0.25, 0.3) is 0 Å². The summed E-state index contributed by atoms with van der Waals surface area (Å²) in [6, 6.07) is 0. The predicted octanol–water partition coefficient (Wildman–Crippen LogP) is 4.76. The molecule has 0 spiro atoms. The first-order valence-electron chi connectivity index (χ1n) is 9.20. The Balaban J connectivity index is 4.17. The van der Waals surface area contributed by atoms with E-state index in [1.54, 1.807) is 0 Å². The first kappa shape index (κ1) is 19.9. The lowest BCUT2D eigenvalue weighted by Crippen LogP contribution is -2.51. The Hall–Kier alpha value is -0.0800. The molecule has 0 fully saturated rings. The molecule has 0 aliphatic carbocycles. The second-order valence-electron chi connectivity index (χ2n) is 6.43. The number of hydrogen-bond donors (Lipinski definition) is 1. The SMILES string of the molecule is CCCCCCCC[N+](CCO)(CCCC)CCCC. The lowest BCUT2D eigenvalue weighted by atomic mass is 10.1. The highest BCUT2D eigenvalue weighted by molar-refractivity contribution is 4.50. The molecule has 0 aromatic carbocycles. The molecule has 0 aromatic heterocycles. The van der Waals surface area contributed by atoms with E-state index in [9.17, 15) is 5.11 Å². The van der Waals surface area contributed by atoms with Crippen LogP contribution in [0, 0.1) is 0 Å². The Labute approximate surface area is 128 Å². The second-order valence-corrected chi connectivity index (χ2v) is 6.43. The molecule has 2 heteroatoms. The van der Waals surface area contributed by atoms with Gasteiger partial charge in [0, 0.05) is 0 Å². The molecular weight excluding hydrogens is 246 g/mol. The summed E-state index contributed by atoms with van der Waals surface area (Å²) < 4.78 is 1.17. The van der Waals surface area contributed by atoms with Crippen LogP contribution in [0.3, 0.4) is 0 Å². The van der Waals surface area contributed by atoms with E-state index in [-0.39, 0.29) is 0 Å². The summed E-state index contributed by atoms with van der Waals surface area (Å²) in [5.41, 5.74) is 0. The zero-order valence-corrected chi connectivity index (χ0v) is 14.5. The van der Waals surface area contributed by atoms with Gasteiger partial charge in [0.15, 0.2) is 0 Å². The highest BCUT2D eigenvalue weighted by atomic mass is 16.3. The molecule has 0 atom stereocenters. The molecule has 1 N–H and O–H groups in total. The fourth-order valence-corrected chi connectivity index (χ4v) is 3.10. The van der Waals surface area contributed by atoms with Crippen molar-refractivity contribution in [2.75, 3.05) is 32.8 Å². The van der Waals surface area contributed by atoms with Gasteiger partial charge in [-0.1, -0.05) is 59.3 Å². The van der Waals surface area contributed by atoms with Crippen LogP contribution in [0.2, 0.25) is 0 Å². The quantitative estimate of drug-likeness (QED) is 0.340. The molecule has 0 aromatic rings. The number of aliphatic hydroxyl groups excluding tert-OH is 1. The van der Waals surface area contributed by atoms with Gasteiger partial charge in [0.2, 0.25) is 0 Å². The average Bonchev–Trinajstić information content (AvgIpc) is 2.46. The molecule has 0 bridgehead atoms. The van der Waals surface area contributed by atoms with Crippen molar-refractivity contribution in [2.24, 2.45) is 0 Å². The maximum Gasteiger partial charge on any atom is 0.102 e. The first-order chi connectivity index (χ1) is 9.74. The lowest BCUT2D eigenvalue weighted by Gasteiger charge is -2.38. The van der Waals surface area contributed by atoms with Gasteiger partial charge in [0.05, 0.1) is 26.2 Å². The smallest absolute Gasteiger partial charge is 0.102 e. The lowest BCUT2D eigenvalue weighted by molar-refractivity contribution is -0.929. The summed E-state index contributed by atoms with van der Waals surface area (Å²) in [6.45, 7) is 12.0. The molecule has 0 rings (SSSR count). The van der Waals surface area contributed by atoms with Crippen LogP contribution >= 0.6 is 0 Å². The molecule has 0 heterocycles. The number of quaternary nitrogens is 1. The highest BCUT2D eigenvalue weighted by Gasteiger charge is 2.24. The third-order valence-electron chi connectivity index (χ3n) is 4.53. The van der Waals surface area contributed by atoms with Crippen LogP contribution in [-0.4, -0.2) is 42.4 Å². The molecule has 2 nitrogen and oxygen atoms in total. The minimum absolute atomic E-state index is 0.350. The minimum atomic E-state index is 0.350. The van der Waals surface area contributed by atoms with E-state index in [0.29, 0.717) is 6.61 Å². The predicted molar refractivity (Wildman–Crippen MR) is 90.0 cm³/mol. The van der Waals surface area contributed by atoms with Crippen molar-refractivity contribution < 1.29 is 9.59 Å². The van der Waals surface area contributed by atoms with E-state index in [0.717, 1.165) is 6.54 Å². The fourth-order valence-electron chi connectivity index (χ4n) is 3.10. The Morgan fingerprint density at radius 2 is 1.00 bits per heavy atom. The monoisotopic (exact) mass is 286 g/mol. The van der Waals surface area contributed by atoms with Crippen LogP contribution in [0.4, 0.5) is 0 Å². The standard InChI is InChI=1S/C18H40NO/c1-4-7-10-11-12-13-16-19(17-18-20,14-8-5-2)15-9-6-3/h20H,4-18H2,1-3H3/q+1. The first-order valence-corrected chi connectivity index (χ1v) is 9.20. The second kappa shape index (κ2) is 13.9. The van der Waals surface area contributed by atoms with Gasteiger partial charge >= 0.3 is 0 Å². The Morgan fingerprint density at radius 3 is 1.50 bits per heavy atom. The van der Waals surface area contributed by atoms with Crippen LogP contribution in [0.15, 0.2) is 0 Å². The Kier molecular flexibility index (Phi) is 13.8. The van der Waals surface area contributed by atoms with Crippen LogP contribution in [0.5, 0.6) is 0 Å². The Morgan fingerprint density at radius 1 is 0.550 bits per heavy atom. The van der Waals surface area contributed by atoms with E-state index in [2.05, 4.69) is 20.8 Å². The van der Waals surface area contributed by atoms with Crippen molar-refractivity contribution >= 4 is 0 Å². The minimum Gasteiger partial charge on any atom is -0.391 e. The van der Waals surface area contributed by atoms with Crippen LogP contribution in [-0.2, 0) is 0 Å². The number of unbranched alkanes of at least 4 members (excludes halogenated alkanes) is 7. The summed E-state index contributed by atoms with van der Waals surface area (Å²) in [7, 11) is 0. The molecule has 0 amide bonds. The highest BCUT2D eigenvalue weighted by Crippen LogP contribution is 2.15. The normalized spacial score (nSPS) is 12.0. The summed E-state index contributed by atoms with van der Waals surface area (Å²) in [4.78, 5) is 0. The van der Waals surface area contributed by atoms with Crippen molar-refractivity contribution in [1.29, 1.82) is 0 Å². The fraction of sp³-hybridized carbons (Fsp3) is 1.00. The summed E-state index contributed by atoms with van der Waals surface area (Å²) in [6.07, 6.45) is 13.4. The van der Waals surface area contributed by atoms with Gasteiger partial charge in [0.25, 0.3) is 0 Å². The van der Waals surface area contributed by atoms with E-state index < -0.39 is 0 Å². The van der Waals surface area contributed by atoms with Crippen molar-refractivity contribution in [1.82, 2.24) is 0 Å². The largest absolute Gasteiger partial charge is 0.391 e. The molecule has 0 radical (unpaired) electrons. The third kappa shape index (κ3) is 9.77. The molecule has 0 aliphatic heterocycles.